The van der Waals surface area contributed by atoms with Crippen molar-refractivity contribution in [3.63, 3.8) is 0 Å². The average molecular weight is 128 g/mol. The zero-order valence-electron chi connectivity index (χ0n) is 5.55. The first-order valence-corrected chi connectivity index (χ1v) is 2.68. The fourth-order valence-electron chi connectivity index (χ4n) is 0.365. The number of nitrogens with two attached hydrogens (primary N) is 1. The normalized spacial score (nSPS) is 15.2. The van der Waals surface area contributed by atoms with Gasteiger partial charge in [-0.3, -0.25) is 0 Å². The number of carbonyl (C=O) groups excluding carboxylic acids is 1. The van der Waals surface area contributed by atoms with Gasteiger partial charge in [0.2, 0.25) is 0 Å². The minimum atomic E-state index is -1.23. The van der Waals surface area contributed by atoms with Crippen LogP contribution in [0.3, 0.4) is 0 Å². The summed E-state index contributed by atoms with van der Waals surface area (Å²) in [6, 6.07) is -0.949. The van der Waals surface area contributed by atoms with Gasteiger partial charge in [0.15, 0.2) is 0 Å². The van der Waals surface area contributed by atoms with E-state index in [1.165, 1.54) is 0 Å². The van der Waals surface area contributed by atoms with Crippen LogP contribution in [0.25, 0.3) is 0 Å². The number of rotatable bonds is 2. The molecule has 0 saturated heterocycles. The van der Waals surface area contributed by atoms with Crippen molar-refractivity contribution in [2.24, 2.45) is 5.73 Å². The van der Waals surface area contributed by atoms with Gasteiger partial charge in [-0.05, 0) is 13.8 Å². The maximum Gasteiger partial charge on any atom is 0.0655 e. The molecule has 9 heavy (non-hydrogen) atoms. The van der Waals surface area contributed by atoms with E-state index >= 15 is 0 Å². The van der Waals surface area contributed by atoms with Crippen LogP contribution in [0.5, 0.6) is 0 Å². The molecule has 0 radical (unpaired) electrons. The first-order chi connectivity index (χ1) is 4.09. The summed E-state index contributed by atoms with van der Waals surface area (Å²) in [6.07, 6.45) is 1.65. The summed E-state index contributed by atoms with van der Waals surface area (Å²) in [4.78, 5) is 10.0. The van der Waals surface area contributed by atoms with Crippen LogP contribution in [0.1, 0.15) is 13.8 Å². The van der Waals surface area contributed by atoms with E-state index in [1.54, 1.807) is 19.9 Å². The van der Waals surface area contributed by atoms with E-state index in [2.05, 4.69) is 0 Å². The maximum absolute atomic E-state index is 10.0. The second-order valence-corrected chi connectivity index (χ2v) is 1.83. The van der Waals surface area contributed by atoms with E-state index in [0.29, 0.717) is 5.57 Å². The number of carboxylic acid groups (broad SMARTS) is 1. The maximum atomic E-state index is 10.0. The van der Waals surface area contributed by atoms with Crippen LogP contribution in [0.15, 0.2) is 11.6 Å². The number of carboxylic acids is 1. The number of hydrogen-bond acceptors (Lipinski definition) is 3. The molecule has 0 unspecified atom stereocenters. The van der Waals surface area contributed by atoms with Gasteiger partial charge in [0, 0.05) is 0 Å². The van der Waals surface area contributed by atoms with Crippen LogP contribution < -0.4 is 10.8 Å². The summed E-state index contributed by atoms with van der Waals surface area (Å²) in [5.74, 6) is -1.23. The third-order valence-corrected chi connectivity index (χ3v) is 1.20. The molecule has 0 aromatic rings. The van der Waals surface area contributed by atoms with Crippen LogP contribution in [0.2, 0.25) is 0 Å². The van der Waals surface area contributed by atoms with E-state index in [0.717, 1.165) is 0 Å². The molecule has 0 aliphatic carbocycles. The van der Waals surface area contributed by atoms with Crippen LogP contribution >= 0.6 is 0 Å². The Bertz CT molecular complexity index is 140. The molecule has 1 atom stereocenters. The zero-order chi connectivity index (χ0) is 7.44. The molecular weight excluding hydrogens is 118 g/mol. The lowest BCUT2D eigenvalue weighted by atomic mass is 10.1. The highest BCUT2D eigenvalue weighted by atomic mass is 16.4. The number of hydrogen-bond donors (Lipinski definition) is 1. The second-order valence-electron chi connectivity index (χ2n) is 1.83. The predicted molar refractivity (Wildman–Crippen MR) is 32.4 cm³/mol. The topological polar surface area (TPSA) is 66.2 Å². The Morgan fingerprint density at radius 3 is 2.33 bits per heavy atom. The van der Waals surface area contributed by atoms with Gasteiger partial charge >= 0.3 is 0 Å². The lowest BCUT2D eigenvalue weighted by molar-refractivity contribution is -0.306. The van der Waals surface area contributed by atoms with Crippen molar-refractivity contribution in [3.05, 3.63) is 11.6 Å². The molecule has 0 amide bonds. The van der Waals surface area contributed by atoms with E-state index in [4.69, 9.17) is 5.73 Å². The molecule has 0 aliphatic heterocycles. The highest BCUT2D eigenvalue weighted by Gasteiger charge is 2.02. The van der Waals surface area contributed by atoms with Crippen molar-refractivity contribution in [1.29, 1.82) is 0 Å². The molecule has 0 rings (SSSR count). The molecule has 0 heterocycles. The largest absolute Gasteiger partial charge is 0.548 e. The first kappa shape index (κ1) is 8.17. The number of allylic oxidation sites excluding steroid dienone is 1. The monoisotopic (exact) mass is 128 g/mol. The molecule has 0 aromatic carbocycles. The van der Waals surface area contributed by atoms with Gasteiger partial charge in [-0.25, -0.2) is 0 Å². The van der Waals surface area contributed by atoms with E-state index in [-0.39, 0.29) is 0 Å². The third kappa shape index (κ3) is 2.28. The Kier molecular flexibility index (Phi) is 2.95. The SMILES string of the molecule is C/C=C(\C)[C@H](N)C(=O)[O-]. The predicted octanol–water partition coefficient (Wildman–Crippen LogP) is -0.970. The van der Waals surface area contributed by atoms with E-state index < -0.39 is 12.0 Å². The molecule has 0 saturated carbocycles. The summed E-state index contributed by atoms with van der Waals surface area (Å²) < 4.78 is 0. The molecule has 3 nitrogen and oxygen atoms in total. The standard InChI is InChI=1S/C6H11NO2/c1-3-4(2)5(7)6(8)9/h3,5H,7H2,1-2H3,(H,8,9)/p-1/b4-3+/t5-/m0/s1. The third-order valence-electron chi connectivity index (χ3n) is 1.20. The van der Waals surface area contributed by atoms with Crippen molar-refractivity contribution in [3.8, 4) is 0 Å². The van der Waals surface area contributed by atoms with Gasteiger partial charge in [0.25, 0.3) is 0 Å². The number of carbonyl (C=O) groups is 1. The Morgan fingerprint density at radius 2 is 2.22 bits per heavy atom. The van der Waals surface area contributed by atoms with Crippen molar-refractivity contribution in [1.82, 2.24) is 0 Å². The first-order valence-electron chi connectivity index (χ1n) is 2.68. The fourth-order valence-corrected chi connectivity index (χ4v) is 0.365. The Balaban J connectivity index is 4.04. The minimum absolute atomic E-state index is 0.620. The van der Waals surface area contributed by atoms with Crippen molar-refractivity contribution in [2.45, 2.75) is 19.9 Å². The molecule has 0 bridgehead atoms. The van der Waals surface area contributed by atoms with Gasteiger partial charge in [0.05, 0.1) is 12.0 Å². The molecular formula is C6H10NO2-. The average Bonchev–Trinajstić information content (AvgIpc) is 1.84. The lowest BCUT2D eigenvalue weighted by Gasteiger charge is -2.11. The van der Waals surface area contributed by atoms with Crippen LogP contribution in [-0.2, 0) is 4.79 Å². The Labute approximate surface area is 54.2 Å². The van der Waals surface area contributed by atoms with Crippen LogP contribution in [0.4, 0.5) is 0 Å². The fraction of sp³-hybridized carbons (Fsp3) is 0.500. The van der Waals surface area contributed by atoms with Crippen LogP contribution in [0, 0.1) is 0 Å². The zero-order valence-corrected chi connectivity index (χ0v) is 5.55. The number of aliphatic carboxylic acids is 1. The lowest BCUT2D eigenvalue weighted by Crippen LogP contribution is -2.42. The minimum Gasteiger partial charge on any atom is -0.548 e. The Hall–Kier alpha value is -0.830. The van der Waals surface area contributed by atoms with Gasteiger partial charge in [0.1, 0.15) is 0 Å². The van der Waals surface area contributed by atoms with Crippen molar-refractivity contribution < 1.29 is 9.90 Å². The van der Waals surface area contributed by atoms with Crippen LogP contribution in [-0.4, -0.2) is 12.0 Å². The highest BCUT2D eigenvalue weighted by molar-refractivity contribution is 5.74. The molecule has 2 N–H and O–H groups in total. The summed E-state index contributed by atoms with van der Waals surface area (Å²) >= 11 is 0. The molecule has 0 aromatic heterocycles. The highest BCUT2D eigenvalue weighted by Crippen LogP contribution is 1.95. The quantitative estimate of drug-likeness (QED) is 0.486. The summed E-state index contributed by atoms with van der Waals surface area (Å²) in [7, 11) is 0. The molecule has 3 heteroatoms. The van der Waals surface area contributed by atoms with Gasteiger partial charge in [-0.1, -0.05) is 11.6 Å². The van der Waals surface area contributed by atoms with Crippen molar-refractivity contribution >= 4 is 5.97 Å². The summed E-state index contributed by atoms with van der Waals surface area (Å²) in [6.45, 7) is 3.39. The van der Waals surface area contributed by atoms with E-state index in [1.807, 2.05) is 0 Å². The molecule has 52 valence electrons. The van der Waals surface area contributed by atoms with Gasteiger partial charge in [-0.2, -0.15) is 0 Å². The summed E-state index contributed by atoms with van der Waals surface area (Å²) in [5, 5.41) is 10.0. The molecule has 0 spiro atoms. The van der Waals surface area contributed by atoms with Crippen molar-refractivity contribution in [2.75, 3.05) is 0 Å². The summed E-state index contributed by atoms with van der Waals surface area (Å²) in [5.41, 5.74) is 5.76. The van der Waals surface area contributed by atoms with E-state index in [9.17, 15) is 9.90 Å². The smallest absolute Gasteiger partial charge is 0.0655 e. The molecule has 0 aliphatic rings. The second kappa shape index (κ2) is 3.25. The van der Waals surface area contributed by atoms with Gasteiger partial charge < -0.3 is 15.6 Å². The molecule has 0 fully saturated rings. The Morgan fingerprint density at radius 1 is 1.78 bits per heavy atom. The van der Waals surface area contributed by atoms with Gasteiger partial charge in [-0.15, -0.1) is 0 Å².